The fraction of sp³-hybridized carbons (Fsp3) is 0. The maximum atomic E-state index is 13.0. The van der Waals surface area contributed by atoms with Gasteiger partial charge in [0.25, 0.3) is 0 Å². The van der Waals surface area contributed by atoms with Gasteiger partial charge in [0.05, 0.1) is 10.5 Å². The first-order chi connectivity index (χ1) is 6.07. The summed E-state index contributed by atoms with van der Waals surface area (Å²) in [5.74, 6) is -2.12. The van der Waals surface area contributed by atoms with Crippen molar-refractivity contribution in [2.45, 2.75) is 0 Å². The smallest absolute Gasteiger partial charge is 0.346 e. The molecular weight excluding hydrogens is 181 g/mol. The highest BCUT2D eigenvalue weighted by molar-refractivity contribution is 5.77. The van der Waals surface area contributed by atoms with Crippen molar-refractivity contribution in [3.05, 3.63) is 33.6 Å². The number of aldehydes is 1. The van der Waals surface area contributed by atoms with Gasteiger partial charge in [-0.3, -0.25) is 14.9 Å². The number of nitro benzene ring substituents is 1. The Morgan fingerprint density at radius 2 is 2.15 bits per heavy atom. The molecule has 0 unspecified atom stereocenters. The third-order valence-electron chi connectivity index (χ3n) is 1.43. The minimum atomic E-state index is -1.32. The first kappa shape index (κ1) is 9.11. The van der Waals surface area contributed by atoms with E-state index >= 15 is 0 Å². The zero-order chi connectivity index (χ0) is 10.0. The van der Waals surface area contributed by atoms with Crippen molar-refractivity contribution in [2.75, 3.05) is 0 Å². The van der Waals surface area contributed by atoms with Crippen molar-refractivity contribution >= 4 is 12.0 Å². The quantitative estimate of drug-likeness (QED) is 0.427. The van der Waals surface area contributed by atoms with E-state index in [2.05, 4.69) is 0 Å². The summed E-state index contributed by atoms with van der Waals surface area (Å²) >= 11 is 0. The predicted molar refractivity (Wildman–Crippen MR) is 40.1 cm³/mol. The lowest BCUT2D eigenvalue weighted by Crippen LogP contribution is -1.97. The molecule has 0 aliphatic heterocycles. The monoisotopic (exact) mass is 185 g/mol. The van der Waals surface area contributed by atoms with Gasteiger partial charge in [-0.05, 0) is 12.1 Å². The maximum absolute atomic E-state index is 13.0. The van der Waals surface area contributed by atoms with Crippen molar-refractivity contribution in [3.8, 4) is 5.75 Å². The number of aromatic hydroxyl groups is 1. The van der Waals surface area contributed by atoms with Crippen LogP contribution >= 0.6 is 0 Å². The Balaban J connectivity index is 3.47. The highest BCUT2D eigenvalue weighted by Crippen LogP contribution is 2.29. The van der Waals surface area contributed by atoms with E-state index in [1.165, 1.54) is 0 Å². The van der Waals surface area contributed by atoms with Gasteiger partial charge in [0.1, 0.15) is 0 Å². The molecule has 5 nitrogen and oxygen atoms in total. The minimum Gasteiger partial charge on any atom is -0.502 e. The molecule has 0 atom stereocenters. The normalized spacial score (nSPS) is 9.62. The summed E-state index contributed by atoms with van der Waals surface area (Å²) in [7, 11) is 0. The highest BCUT2D eigenvalue weighted by atomic mass is 19.1. The average molecular weight is 185 g/mol. The number of nitro groups is 1. The summed E-state index contributed by atoms with van der Waals surface area (Å²) in [4.78, 5) is 19.3. The average Bonchev–Trinajstić information content (AvgIpc) is 2.04. The fourth-order valence-electron chi connectivity index (χ4n) is 0.835. The van der Waals surface area contributed by atoms with Gasteiger partial charge in [-0.15, -0.1) is 0 Å². The van der Waals surface area contributed by atoms with Crippen LogP contribution in [0.4, 0.5) is 10.1 Å². The topological polar surface area (TPSA) is 80.4 Å². The Hall–Kier alpha value is -1.98. The Kier molecular flexibility index (Phi) is 2.23. The highest BCUT2D eigenvalue weighted by Gasteiger charge is 2.22. The summed E-state index contributed by atoms with van der Waals surface area (Å²) in [5, 5.41) is 19.1. The maximum Gasteiger partial charge on any atom is 0.346 e. The van der Waals surface area contributed by atoms with Gasteiger partial charge in [0.15, 0.2) is 12.0 Å². The fourth-order valence-corrected chi connectivity index (χ4v) is 0.835. The molecule has 0 saturated heterocycles. The van der Waals surface area contributed by atoms with Crippen LogP contribution in [0.25, 0.3) is 0 Å². The van der Waals surface area contributed by atoms with Crippen molar-refractivity contribution < 1.29 is 19.2 Å². The molecule has 1 aromatic carbocycles. The van der Waals surface area contributed by atoms with Gasteiger partial charge in [-0.1, -0.05) is 0 Å². The van der Waals surface area contributed by atoms with Crippen LogP contribution in [0.15, 0.2) is 12.1 Å². The molecule has 13 heavy (non-hydrogen) atoms. The molecule has 0 heterocycles. The zero-order valence-electron chi connectivity index (χ0n) is 6.23. The zero-order valence-corrected chi connectivity index (χ0v) is 6.23. The van der Waals surface area contributed by atoms with Crippen LogP contribution in [-0.4, -0.2) is 16.3 Å². The number of phenols is 1. The van der Waals surface area contributed by atoms with Gasteiger partial charge in [-0.2, -0.15) is 4.39 Å². The van der Waals surface area contributed by atoms with Crippen LogP contribution in [0.2, 0.25) is 0 Å². The van der Waals surface area contributed by atoms with Crippen LogP contribution in [0.1, 0.15) is 10.4 Å². The summed E-state index contributed by atoms with van der Waals surface area (Å²) in [6, 6.07) is 1.86. The Labute approximate surface area is 71.6 Å². The van der Waals surface area contributed by atoms with Crippen LogP contribution in [-0.2, 0) is 0 Å². The number of hydrogen-bond donors (Lipinski definition) is 1. The number of halogens is 1. The standard InChI is InChI=1S/C7H4FNO4/c8-6-4(3-10)1-2-5(11)7(6)9(12)13/h1-3,11H. The van der Waals surface area contributed by atoms with Crippen molar-refractivity contribution in [3.63, 3.8) is 0 Å². The Morgan fingerprint density at radius 1 is 1.54 bits per heavy atom. The van der Waals surface area contributed by atoms with Crippen LogP contribution in [0.3, 0.4) is 0 Å². The van der Waals surface area contributed by atoms with E-state index in [1.54, 1.807) is 0 Å². The summed E-state index contributed by atoms with van der Waals surface area (Å²) in [6.45, 7) is 0. The first-order valence-electron chi connectivity index (χ1n) is 3.19. The molecule has 0 saturated carbocycles. The molecular formula is C7H4FNO4. The molecule has 1 rings (SSSR count). The number of carbonyl (C=O) groups is 1. The number of phenolic OH excluding ortho intramolecular Hbond substituents is 1. The molecule has 0 aromatic heterocycles. The number of nitrogens with zero attached hydrogens (tertiary/aromatic N) is 1. The van der Waals surface area contributed by atoms with Crippen molar-refractivity contribution in [2.24, 2.45) is 0 Å². The van der Waals surface area contributed by atoms with Crippen LogP contribution < -0.4 is 0 Å². The molecule has 68 valence electrons. The van der Waals surface area contributed by atoms with Gasteiger partial charge in [0.2, 0.25) is 5.82 Å². The summed E-state index contributed by atoms with van der Waals surface area (Å²) in [5.41, 5.74) is -1.53. The summed E-state index contributed by atoms with van der Waals surface area (Å²) in [6.07, 6.45) is 0.141. The van der Waals surface area contributed by atoms with Gasteiger partial charge >= 0.3 is 5.69 Å². The van der Waals surface area contributed by atoms with E-state index in [9.17, 15) is 19.3 Å². The number of hydrogen-bond acceptors (Lipinski definition) is 4. The second-order valence-corrected chi connectivity index (χ2v) is 2.21. The lowest BCUT2D eigenvalue weighted by Gasteiger charge is -1.98. The van der Waals surface area contributed by atoms with Crippen LogP contribution in [0, 0.1) is 15.9 Å². The van der Waals surface area contributed by atoms with E-state index < -0.39 is 27.7 Å². The SMILES string of the molecule is O=Cc1ccc(O)c([N+](=O)[O-])c1F. The van der Waals surface area contributed by atoms with Gasteiger partial charge < -0.3 is 5.11 Å². The molecule has 6 heteroatoms. The van der Waals surface area contributed by atoms with E-state index in [0.29, 0.717) is 0 Å². The molecule has 0 spiro atoms. The van der Waals surface area contributed by atoms with E-state index in [0.717, 1.165) is 12.1 Å². The number of rotatable bonds is 2. The largest absolute Gasteiger partial charge is 0.502 e. The Bertz CT molecular complexity index is 377. The van der Waals surface area contributed by atoms with Crippen molar-refractivity contribution in [1.29, 1.82) is 0 Å². The summed E-state index contributed by atoms with van der Waals surface area (Å²) < 4.78 is 13.0. The molecule has 0 bridgehead atoms. The molecule has 0 aliphatic rings. The Morgan fingerprint density at radius 3 is 2.62 bits per heavy atom. The molecule has 0 fully saturated rings. The second kappa shape index (κ2) is 3.18. The lowest BCUT2D eigenvalue weighted by molar-refractivity contribution is -0.388. The molecule has 0 radical (unpaired) electrons. The molecule has 1 N–H and O–H groups in total. The molecule has 0 amide bonds. The second-order valence-electron chi connectivity index (χ2n) is 2.21. The third kappa shape index (κ3) is 1.46. The first-order valence-corrected chi connectivity index (χ1v) is 3.19. The van der Waals surface area contributed by atoms with Crippen LogP contribution in [0.5, 0.6) is 5.75 Å². The van der Waals surface area contributed by atoms with Gasteiger partial charge in [0, 0.05) is 0 Å². The van der Waals surface area contributed by atoms with Crippen molar-refractivity contribution in [1.82, 2.24) is 0 Å². The number of benzene rings is 1. The van der Waals surface area contributed by atoms with E-state index in [-0.39, 0.29) is 6.29 Å². The van der Waals surface area contributed by atoms with Gasteiger partial charge in [-0.25, -0.2) is 0 Å². The van der Waals surface area contributed by atoms with E-state index in [4.69, 9.17) is 5.11 Å². The minimum absolute atomic E-state index is 0.141. The predicted octanol–water partition coefficient (Wildman–Crippen LogP) is 1.25. The third-order valence-corrected chi connectivity index (χ3v) is 1.43. The molecule has 0 aliphatic carbocycles. The number of carbonyl (C=O) groups excluding carboxylic acids is 1. The molecule has 1 aromatic rings. The lowest BCUT2D eigenvalue weighted by atomic mass is 10.2. The van der Waals surface area contributed by atoms with E-state index in [1.807, 2.05) is 0 Å².